The molecular formula is C13H18O5S. The van der Waals surface area contributed by atoms with Crippen molar-refractivity contribution in [3.05, 3.63) is 29.8 Å². The van der Waals surface area contributed by atoms with Crippen LogP contribution in [-0.4, -0.2) is 33.0 Å². The summed E-state index contributed by atoms with van der Waals surface area (Å²) in [5, 5.41) is 0. The van der Waals surface area contributed by atoms with E-state index in [0.717, 1.165) is 0 Å². The molecule has 0 aliphatic rings. The van der Waals surface area contributed by atoms with Gasteiger partial charge >= 0.3 is 5.97 Å². The highest BCUT2D eigenvalue weighted by Gasteiger charge is 2.36. The second kappa shape index (κ2) is 6.68. The largest absolute Gasteiger partial charge is 0.463 e. The van der Waals surface area contributed by atoms with Gasteiger partial charge in [0.05, 0.1) is 11.5 Å². The zero-order chi connectivity index (χ0) is 14.5. The summed E-state index contributed by atoms with van der Waals surface area (Å²) in [6, 6.07) is 6.46. The molecule has 0 aliphatic heterocycles. The minimum atomic E-state index is -3.91. The number of carbonyl (C=O) groups excluding carboxylic acids is 1. The van der Waals surface area contributed by atoms with Crippen molar-refractivity contribution in [3.8, 4) is 0 Å². The number of hydrogen-bond acceptors (Lipinski definition) is 5. The van der Waals surface area contributed by atoms with Crippen LogP contribution < -0.4 is 0 Å². The van der Waals surface area contributed by atoms with Crippen molar-refractivity contribution in [1.82, 2.24) is 0 Å². The molecule has 5 nitrogen and oxygen atoms in total. The van der Waals surface area contributed by atoms with Crippen LogP contribution in [0.4, 0.5) is 0 Å². The van der Waals surface area contributed by atoms with Crippen LogP contribution in [0.2, 0.25) is 0 Å². The molecule has 1 aromatic rings. The molecule has 0 fully saturated rings. The summed E-state index contributed by atoms with van der Waals surface area (Å²) in [4.78, 5) is 11.8. The van der Waals surface area contributed by atoms with Crippen LogP contribution in [0.15, 0.2) is 29.2 Å². The number of aryl methyl sites for hydroxylation is 1. The number of rotatable bonds is 6. The third-order valence-electron chi connectivity index (χ3n) is 2.48. The lowest BCUT2D eigenvalue weighted by Crippen LogP contribution is -2.35. The molecule has 0 aromatic heterocycles. The molecule has 0 bridgehead atoms. The van der Waals surface area contributed by atoms with Gasteiger partial charge in [0, 0.05) is 6.61 Å². The van der Waals surface area contributed by atoms with E-state index in [1.165, 1.54) is 6.07 Å². The first-order valence-electron chi connectivity index (χ1n) is 6.02. The first kappa shape index (κ1) is 15.7. The van der Waals surface area contributed by atoms with Crippen molar-refractivity contribution in [2.45, 2.75) is 31.1 Å². The molecule has 106 valence electrons. The molecule has 1 unspecified atom stereocenters. The van der Waals surface area contributed by atoms with Crippen LogP contribution in [0.3, 0.4) is 0 Å². The van der Waals surface area contributed by atoms with Crippen LogP contribution in [0.1, 0.15) is 19.4 Å². The third-order valence-corrected chi connectivity index (χ3v) is 4.44. The van der Waals surface area contributed by atoms with Crippen LogP contribution >= 0.6 is 0 Å². The molecule has 19 heavy (non-hydrogen) atoms. The van der Waals surface area contributed by atoms with E-state index in [4.69, 9.17) is 9.47 Å². The Labute approximate surface area is 113 Å². The molecule has 1 atom stereocenters. The molecule has 0 N–H and O–H groups in total. The second-order valence-corrected chi connectivity index (χ2v) is 5.81. The van der Waals surface area contributed by atoms with Crippen LogP contribution in [0.5, 0.6) is 0 Å². The summed E-state index contributed by atoms with van der Waals surface area (Å²) in [6.45, 7) is 5.11. The van der Waals surface area contributed by atoms with Gasteiger partial charge in [0.25, 0.3) is 5.44 Å². The van der Waals surface area contributed by atoms with Crippen molar-refractivity contribution in [3.63, 3.8) is 0 Å². The second-order valence-electron chi connectivity index (χ2n) is 3.85. The molecular weight excluding hydrogens is 268 g/mol. The van der Waals surface area contributed by atoms with E-state index >= 15 is 0 Å². The smallest absolute Gasteiger partial charge is 0.351 e. The predicted molar refractivity (Wildman–Crippen MR) is 70.4 cm³/mol. The Kier molecular flexibility index (Phi) is 5.50. The van der Waals surface area contributed by atoms with Crippen molar-refractivity contribution in [2.24, 2.45) is 0 Å². The van der Waals surface area contributed by atoms with Gasteiger partial charge in [0.15, 0.2) is 0 Å². The number of ether oxygens (including phenoxy) is 2. The van der Waals surface area contributed by atoms with Crippen molar-refractivity contribution >= 4 is 15.8 Å². The molecule has 0 spiro atoms. The monoisotopic (exact) mass is 286 g/mol. The molecule has 0 saturated carbocycles. The summed E-state index contributed by atoms with van der Waals surface area (Å²) >= 11 is 0. The van der Waals surface area contributed by atoms with Crippen LogP contribution in [0, 0.1) is 6.92 Å². The highest BCUT2D eigenvalue weighted by atomic mass is 32.2. The van der Waals surface area contributed by atoms with E-state index < -0.39 is 21.2 Å². The van der Waals surface area contributed by atoms with Crippen LogP contribution in [0.25, 0.3) is 0 Å². The summed E-state index contributed by atoms with van der Waals surface area (Å²) in [5.74, 6) is -0.882. The molecule has 1 rings (SSSR count). The fourth-order valence-corrected chi connectivity index (χ4v) is 3.29. The number of esters is 1. The Morgan fingerprint density at radius 2 is 1.84 bits per heavy atom. The van der Waals surface area contributed by atoms with Crippen LogP contribution in [-0.2, 0) is 24.1 Å². The standard InChI is InChI=1S/C13H18O5S/c1-4-17-12(14)13(18-5-2)19(15,16)11-9-7-6-8-10(11)3/h6-9,13H,4-5H2,1-3H3. The van der Waals surface area contributed by atoms with Crippen molar-refractivity contribution in [1.29, 1.82) is 0 Å². The van der Waals surface area contributed by atoms with Gasteiger partial charge in [-0.2, -0.15) is 0 Å². The molecule has 6 heteroatoms. The normalized spacial score (nSPS) is 13.0. The van der Waals surface area contributed by atoms with Gasteiger partial charge < -0.3 is 9.47 Å². The fourth-order valence-electron chi connectivity index (χ4n) is 1.64. The molecule has 1 aromatic carbocycles. The number of benzene rings is 1. The lowest BCUT2D eigenvalue weighted by atomic mass is 10.2. The maximum atomic E-state index is 12.4. The number of sulfone groups is 1. The maximum Gasteiger partial charge on any atom is 0.351 e. The van der Waals surface area contributed by atoms with E-state index in [1.807, 2.05) is 0 Å². The predicted octanol–water partition coefficient (Wildman–Crippen LogP) is 1.69. The number of carbonyl (C=O) groups is 1. The van der Waals surface area contributed by atoms with E-state index in [2.05, 4.69) is 0 Å². The molecule has 0 saturated heterocycles. The summed E-state index contributed by atoms with van der Waals surface area (Å²) in [7, 11) is -3.91. The van der Waals surface area contributed by atoms with Crippen molar-refractivity contribution in [2.75, 3.05) is 13.2 Å². The van der Waals surface area contributed by atoms with Gasteiger partial charge in [-0.25, -0.2) is 13.2 Å². The lowest BCUT2D eigenvalue weighted by molar-refractivity contribution is -0.150. The van der Waals surface area contributed by atoms with Crippen molar-refractivity contribution < 1.29 is 22.7 Å². The fraction of sp³-hybridized carbons (Fsp3) is 0.462. The van der Waals surface area contributed by atoms with Gasteiger partial charge in [-0.3, -0.25) is 0 Å². The van der Waals surface area contributed by atoms with Gasteiger partial charge in [-0.1, -0.05) is 18.2 Å². The maximum absolute atomic E-state index is 12.4. The van der Waals surface area contributed by atoms with E-state index in [-0.39, 0.29) is 18.1 Å². The Bertz CT molecular complexity index is 536. The summed E-state index contributed by atoms with van der Waals surface area (Å²) in [6.07, 6.45) is 0. The first-order valence-corrected chi connectivity index (χ1v) is 7.57. The van der Waals surface area contributed by atoms with Gasteiger partial charge in [0.1, 0.15) is 0 Å². The summed E-state index contributed by atoms with van der Waals surface area (Å²) < 4.78 is 34.7. The summed E-state index contributed by atoms with van der Waals surface area (Å²) in [5.41, 5.74) is -1.05. The van der Waals surface area contributed by atoms with Gasteiger partial charge in [-0.05, 0) is 32.4 Å². The molecule has 0 heterocycles. The zero-order valence-electron chi connectivity index (χ0n) is 11.3. The number of hydrogen-bond donors (Lipinski definition) is 0. The molecule has 0 radical (unpaired) electrons. The lowest BCUT2D eigenvalue weighted by Gasteiger charge is -2.17. The zero-order valence-corrected chi connectivity index (χ0v) is 12.1. The minimum absolute atomic E-state index is 0.0847. The van der Waals surface area contributed by atoms with Gasteiger partial charge in [0.2, 0.25) is 9.84 Å². The van der Waals surface area contributed by atoms with Gasteiger partial charge in [-0.15, -0.1) is 0 Å². The first-order chi connectivity index (χ1) is 8.95. The SMILES string of the molecule is CCOC(=O)C(OCC)S(=O)(=O)c1ccccc1C. The Morgan fingerprint density at radius 3 is 2.37 bits per heavy atom. The van der Waals surface area contributed by atoms with E-state index in [0.29, 0.717) is 5.56 Å². The third kappa shape index (κ3) is 3.54. The highest BCUT2D eigenvalue weighted by Crippen LogP contribution is 2.21. The van der Waals surface area contributed by atoms with E-state index in [1.54, 1.807) is 39.0 Å². The minimum Gasteiger partial charge on any atom is -0.463 e. The average Bonchev–Trinajstić information content (AvgIpc) is 2.36. The van der Waals surface area contributed by atoms with E-state index in [9.17, 15) is 13.2 Å². The quantitative estimate of drug-likeness (QED) is 0.744. The highest BCUT2D eigenvalue weighted by molar-refractivity contribution is 7.92. The topological polar surface area (TPSA) is 69.7 Å². The molecule has 0 amide bonds. The Hall–Kier alpha value is -1.40. The molecule has 0 aliphatic carbocycles. The Morgan fingerprint density at radius 1 is 1.21 bits per heavy atom. The average molecular weight is 286 g/mol. The Balaban J connectivity index is 3.21.